The molecule has 0 heterocycles. The van der Waals surface area contributed by atoms with Gasteiger partial charge < -0.3 is 5.32 Å². The minimum atomic E-state index is 0.180. The van der Waals surface area contributed by atoms with Crippen LogP contribution in [0.4, 0.5) is 0 Å². The molecular weight excluding hydrogens is 289 g/mol. The first-order chi connectivity index (χ1) is 9.49. The van der Waals surface area contributed by atoms with E-state index >= 15 is 0 Å². The predicted octanol–water partition coefficient (Wildman–Crippen LogP) is 5.46. The average Bonchev–Trinajstić information content (AvgIpc) is 2.40. The molecule has 0 saturated heterocycles. The molecule has 0 spiro atoms. The third-order valence-electron chi connectivity index (χ3n) is 3.74. The molecule has 0 aliphatic carbocycles. The molecule has 106 valence electrons. The van der Waals surface area contributed by atoms with Crippen molar-refractivity contribution in [3.8, 4) is 0 Å². The van der Waals surface area contributed by atoms with E-state index in [-0.39, 0.29) is 6.04 Å². The molecule has 0 fully saturated rings. The number of nitrogens with one attached hydrogen (secondary N) is 1. The molecule has 1 atom stereocenters. The van der Waals surface area contributed by atoms with Crippen molar-refractivity contribution in [1.82, 2.24) is 5.32 Å². The molecule has 2 rings (SSSR count). The van der Waals surface area contributed by atoms with Crippen LogP contribution in [0.25, 0.3) is 0 Å². The first-order valence-corrected chi connectivity index (χ1v) is 7.48. The van der Waals surface area contributed by atoms with Gasteiger partial charge in [-0.15, -0.1) is 0 Å². The van der Waals surface area contributed by atoms with Gasteiger partial charge in [-0.2, -0.15) is 0 Å². The first-order valence-electron chi connectivity index (χ1n) is 6.72. The minimum Gasteiger partial charge on any atom is -0.306 e. The Hall–Kier alpha value is -1.02. The van der Waals surface area contributed by atoms with Crippen molar-refractivity contribution in [2.24, 2.45) is 0 Å². The summed E-state index contributed by atoms with van der Waals surface area (Å²) >= 11 is 12.2. The van der Waals surface area contributed by atoms with Gasteiger partial charge in [0.2, 0.25) is 0 Å². The average molecular weight is 308 g/mol. The Morgan fingerprint density at radius 1 is 1.10 bits per heavy atom. The van der Waals surface area contributed by atoms with Crippen LogP contribution in [0, 0.1) is 13.8 Å². The van der Waals surface area contributed by atoms with E-state index in [9.17, 15) is 0 Å². The molecule has 2 aromatic carbocycles. The summed E-state index contributed by atoms with van der Waals surface area (Å²) in [6, 6.07) is 12.2. The topological polar surface area (TPSA) is 12.0 Å². The quantitative estimate of drug-likeness (QED) is 0.790. The molecule has 0 amide bonds. The van der Waals surface area contributed by atoms with Gasteiger partial charge in [0.05, 0.1) is 0 Å². The van der Waals surface area contributed by atoms with Crippen molar-refractivity contribution in [1.29, 1.82) is 0 Å². The fourth-order valence-corrected chi connectivity index (χ4v) is 2.80. The monoisotopic (exact) mass is 307 g/mol. The van der Waals surface area contributed by atoms with Gasteiger partial charge in [-0.05, 0) is 55.2 Å². The van der Waals surface area contributed by atoms with Crippen molar-refractivity contribution in [3.63, 3.8) is 0 Å². The second-order valence-corrected chi connectivity index (χ2v) is 5.97. The van der Waals surface area contributed by atoms with E-state index in [1.165, 1.54) is 16.7 Å². The molecule has 20 heavy (non-hydrogen) atoms. The molecule has 0 aliphatic rings. The highest BCUT2D eigenvalue weighted by Gasteiger charge is 2.10. The Labute approximate surface area is 130 Å². The van der Waals surface area contributed by atoms with E-state index in [1.54, 1.807) is 6.07 Å². The maximum Gasteiger partial charge on any atom is 0.0468 e. The predicted molar refractivity (Wildman–Crippen MR) is 87.6 cm³/mol. The molecule has 0 bridgehead atoms. The van der Waals surface area contributed by atoms with Crippen LogP contribution in [0.15, 0.2) is 36.4 Å². The van der Waals surface area contributed by atoms with Gasteiger partial charge >= 0.3 is 0 Å². The van der Waals surface area contributed by atoms with Crippen LogP contribution in [0.3, 0.4) is 0 Å². The second-order valence-electron chi connectivity index (χ2n) is 5.13. The lowest BCUT2D eigenvalue weighted by Gasteiger charge is -2.17. The van der Waals surface area contributed by atoms with Crippen LogP contribution in [0.1, 0.15) is 35.2 Å². The highest BCUT2D eigenvalue weighted by Crippen LogP contribution is 2.26. The first kappa shape index (κ1) is 15.4. The maximum atomic E-state index is 6.24. The van der Waals surface area contributed by atoms with Crippen LogP contribution in [0.5, 0.6) is 0 Å². The van der Waals surface area contributed by atoms with Crippen molar-refractivity contribution in [2.45, 2.75) is 33.4 Å². The molecular formula is C17H19Cl2N. The molecule has 0 aliphatic heterocycles. The van der Waals surface area contributed by atoms with Crippen LogP contribution in [-0.2, 0) is 6.54 Å². The Bertz CT molecular complexity index is 608. The van der Waals surface area contributed by atoms with E-state index in [2.05, 4.69) is 44.3 Å². The summed E-state index contributed by atoms with van der Waals surface area (Å²) in [5.41, 5.74) is 5.05. The van der Waals surface area contributed by atoms with E-state index < -0.39 is 0 Å². The van der Waals surface area contributed by atoms with Gasteiger partial charge in [-0.1, -0.05) is 47.5 Å². The van der Waals surface area contributed by atoms with Gasteiger partial charge in [0.1, 0.15) is 0 Å². The molecule has 3 heteroatoms. The number of aryl methyl sites for hydroxylation is 1. The van der Waals surface area contributed by atoms with Crippen LogP contribution in [0.2, 0.25) is 10.0 Å². The fourth-order valence-electron chi connectivity index (χ4n) is 2.23. The lowest BCUT2D eigenvalue weighted by molar-refractivity contribution is 0.573. The SMILES string of the molecule is Cc1cccc(CNC(C)c2ccc(Cl)cc2Cl)c1C. The summed E-state index contributed by atoms with van der Waals surface area (Å²) in [6.07, 6.45) is 0. The summed E-state index contributed by atoms with van der Waals surface area (Å²) in [4.78, 5) is 0. The standard InChI is InChI=1S/C17H19Cl2N/c1-11-5-4-6-14(12(11)2)10-20-13(3)16-8-7-15(18)9-17(16)19/h4-9,13,20H,10H2,1-3H3. The van der Waals surface area contributed by atoms with E-state index in [4.69, 9.17) is 23.2 Å². The van der Waals surface area contributed by atoms with E-state index in [0.717, 1.165) is 12.1 Å². The zero-order valence-corrected chi connectivity index (χ0v) is 13.5. The van der Waals surface area contributed by atoms with Crippen molar-refractivity contribution in [3.05, 3.63) is 68.7 Å². The number of halogens is 2. The van der Waals surface area contributed by atoms with Crippen LogP contribution >= 0.6 is 23.2 Å². The van der Waals surface area contributed by atoms with Crippen molar-refractivity contribution < 1.29 is 0 Å². The summed E-state index contributed by atoms with van der Waals surface area (Å²) in [7, 11) is 0. The van der Waals surface area contributed by atoms with Gasteiger partial charge in [-0.3, -0.25) is 0 Å². The van der Waals surface area contributed by atoms with Crippen LogP contribution < -0.4 is 5.32 Å². The largest absolute Gasteiger partial charge is 0.306 e. The lowest BCUT2D eigenvalue weighted by Crippen LogP contribution is -2.19. The molecule has 0 aromatic heterocycles. The van der Waals surface area contributed by atoms with Gasteiger partial charge in [0.15, 0.2) is 0 Å². The smallest absolute Gasteiger partial charge is 0.0468 e. The number of benzene rings is 2. The molecule has 1 unspecified atom stereocenters. The van der Waals surface area contributed by atoms with Crippen molar-refractivity contribution >= 4 is 23.2 Å². The third-order valence-corrected chi connectivity index (χ3v) is 4.31. The second kappa shape index (κ2) is 6.62. The molecule has 0 saturated carbocycles. The highest BCUT2D eigenvalue weighted by molar-refractivity contribution is 6.35. The summed E-state index contributed by atoms with van der Waals surface area (Å²) in [6.45, 7) is 7.23. The van der Waals surface area contributed by atoms with E-state index in [1.807, 2.05) is 12.1 Å². The number of hydrogen-bond donors (Lipinski definition) is 1. The summed E-state index contributed by atoms with van der Waals surface area (Å²) < 4.78 is 0. The van der Waals surface area contributed by atoms with Crippen molar-refractivity contribution in [2.75, 3.05) is 0 Å². The Morgan fingerprint density at radius 2 is 1.85 bits per heavy atom. The van der Waals surface area contributed by atoms with Gasteiger partial charge in [0, 0.05) is 22.6 Å². The van der Waals surface area contributed by atoms with E-state index in [0.29, 0.717) is 10.0 Å². The number of hydrogen-bond acceptors (Lipinski definition) is 1. The third kappa shape index (κ3) is 3.54. The Kier molecular flexibility index (Phi) is 5.09. The molecule has 2 aromatic rings. The molecule has 0 radical (unpaired) electrons. The molecule has 1 N–H and O–H groups in total. The summed E-state index contributed by atoms with van der Waals surface area (Å²) in [5.74, 6) is 0. The number of rotatable bonds is 4. The normalized spacial score (nSPS) is 12.4. The highest BCUT2D eigenvalue weighted by atomic mass is 35.5. The van der Waals surface area contributed by atoms with Gasteiger partial charge in [-0.25, -0.2) is 0 Å². The molecule has 1 nitrogen and oxygen atoms in total. The van der Waals surface area contributed by atoms with Gasteiger partial charge in [0.25, 0.3) is 0 Å². The fraction of sp³-hybridized carbons (Fsp3) is 0.294. The zero-order valence-electron chi connectivity index (χ0n) is 12.0. The lowest BCUT2D eigenvalue weighted by atomic mass is 10.0. The minimum absolute atomic E-state index is 0.180. The van der Waals surface area contributed by atoms with Crippen LogP contribution in [-0.4, -0.2) is 0 Å². The maximum absolute atomic E-state index is 6.24. The Morgan fingerprint density at radius 3 is 2.55 bits per heavy atom. The zero-order chi connectivity index (χ0) is 14.7. The Balaban J connectivity index is 2.08. The summed E-state index contributed by atoms with van der Waals surface area (Å²) in [5, 5.41) is 4.89.